The van der Waals surface area contributed by atoms with Gasteiger partial charge in [-0.25, -0.2) is 14.6 Å². The van der Waals surface area contributed by atoms with Crippen molar-refractivity contribution in [3.8, 4) is 11.6 Å². The minimum absolute atomic E-state index is 0.321. The molecule has 2 aromatic rings. The van der Waals surface area contributed by atoms with E-state index in [1.165, 1.54) is 0 Å². The third kappa shape index (κ3) is 2.55. The highest BCUT2D eigenvalue weighted by Gasteiger charge is 2.28. The molecule has 22 heavy (non-hydrogen) atoms. The number of hydrogen-bond acceptors (Lipinski definition) is 5. The molecule has 2 aliphatic heterocycles. The molecule has 0 aliphatic carbocycles. The van der Waals surface area contributed by atoms with Gasteiger partial charge in [0.15, 0.2) is 17.5 Å². The van der Waals surface area contributed by atoms with Crippen molar-refractivity contribution >= 4 is 0 Å². The number of likely N-dealkylation sites (tertiary alicyclic amines) is 1. The Hall–Kier alpha value is -1.73. The Balaban J connectivity index is 1.68. The van der Waals surface area contributed by atoms with Gasteiger partial charge in [0, 0.05) is 24.9 Å². The predicted octanol–water partition coefficient (Wildman–Crippen LogP) is 1.44. The second kappa shape index (κ2) is 5.81. The van der Waals surface area contributed by atoms with E-state index >= 15 is 0 Å². The van der Waals surface area contributed by atoms with Gasteiger partial charge in [-0.15, -0.1) is 0 Å². The standard InChI is InChI=1S/C15H22N6O/c1-20-7-2-12(3-8-20)21-15(14-16-5-6-17-14)18-13(19-21)11-4-9-22-10-11/h5-6,11-12H,2-4,7-10H2,1H3,(H,16,17)/t11-/m1/s1. The molecule has 7 heteroatoms. The SMILES string of the molecule is CN1CCC(n2nc([C@@H]3CCOC3)nc2-c2ncc[nH]2)CC1. The highest BCUT2D eigenvalue weighted by Crippen LogP contribution is 2.29. The molecular weight excluding hydrogens is 280 g/mol. The molecule has 118 valence electrons. The summed E-state index contributed by atoms with van der Waals surface area (Å²) < 4.78 is 7.59. The lowest BCUT2D eigenvalue weighted by Gasteiger charge is -2.29. The van der Waals surface area contributed by atoms with Crippen LogP contribution in [-0.4, -0.2) is 63.0 Å². The van der Waals surface area contributed by atoms with Crippen LogP contribution in [0.2, 0.25) is 0 Å². The molecule has 4 heterocycles. The lowest BCUT2D eigenvalue weighted by atomic mass is 10.1. The third-order valence-electron chi connectivity index (χ3n) is 4.69. The molecule has 2 saturated heterocycles. The van der Waals surface area contributed by atoms with Gasteiger partial charge in [-0.1, -0.05) is 0 Å². The van der Waals surface area contributed by atoms with Crippen LogP contribution in [-0.2, 0) is 4.74 Å². The molecule has 2 aromatic heterocycles. The number of ether oxygens (including phenoxy) is 1. The zero-order chi connectivity index (χ0) is 14.9. The van der Waals surface area contributed by atoms with Crippen molar-refractivity contribution in [1.82, 2.24) is 29.6 Å². The Morgan fingerprint density at radius 3 is 2.82 bits per heavy atom. The summed E-state index contributed by atoms with van der Waals surface area (Å²) in [6.07, 6.45) is 6.82. The van der Waals surface area contributed by atoms with E-state index in [4.69, 9.17) is 14.8 Å². The molecule has 0 spiro atoms. The molecule has 2 aliphatic rings. The molecule has 7 nitrogen and oxygen atoms in total. The summed E-state index contributed by atoms with van der Waals surface area (Å²) in [6.45, 7) is 3.74. The molecule has 1 N–H and O–H groups in total. The highest BCUT2D eigenvalue weighted by molar-refractivity contribution is 5.43. The van der Waals surface area contributed by atoms with Gasteiger partial charge < -0.3 is 14.6 Å². The number of H-pyrrole nitrogens is 1. The van der Waals surface area contributed by atoms with Crippen LogP contribution in [0, 0.1) is 0 Å². The number of hydrogen-bond donors (Lipinski definition) is 1. The largest absolute Gasteiger partial charge is 0.381 e. The van der Waals surface area contributed by atoms with Crippen LogP contribution in [0.15, 0.2) is 12.4 Å². The monoisotopic (exact) mass is 302 g/mol. The number of nitrogens with zero attached hydrogens (tertiary/aromatic N) is 5. The lowest BCUT2D eigenvalue weighted by Crippen LogP contribution is -2.32. The Bertz CT molecular complexity index is 608. The first-order valence-electron chi connectivity index (χ1n) is 8.04. The number of nitrogens with one attached hydrogen (secondary N) is 1. The minimum Gasteiger partial charge on any atom is -0.381 e. The Morgan fingerprint density at radius 2 is 2.14 bits per heavy atom. The molecule has 0 amide bonds. The first kappa shape index (κ1) is 13.9. The van der Waals surface area contributed by atoms with Crippen molar-refractivity contribution in [2.24, 2.45) is 0 Å². The maximum absolute atomic E-state index is 5.49. The second-order valence-electron chi connectivity index (χ2n) is 6.27. The maximum Gasteiger partial charge on any atom is 0.194 e. The zero-order valence-corrected chi connectivity index (χ0v) is 12.9. The summed E-state index contributed by atoms with van der Waals surface area (Å²) in [5, 5.41) is 4.84. The molecule has 0 radical (unpaired) electrons. The van der Waals surface area contributed by atoms with Crippen LogP contribution in [0.5, 0.6) is 0 Å². The van der Waals surface area contributed by atoms with Crippen LogP contribution in [0.25, 0.3) is 11.6 Å². The minimum atomic E-state index is 0.321. The summed E-state index contributed by atoms with van der Waals surface area (Å²) >= 11 is 0. The van der Waals surface area contributed by atoms with Gasteiger partial charge in [-0.05, 0) is 39.4 Å². The van der Waals surface area contributed by atoms with E-state index in [9.17, 15) is 0 Å². The summed E-state index contributed by atoms with van der Waals surface area (Å²) in [5.41, 5.74) is 0. The number of piperidine rings is 1. The lowest BCUT2D eigenvalue weighted by molar-refractivity contribution is 0.192. The third-order valence-corrected chi connectivity index (χ3v) is 4.69. The quantitative estimate of drug-likeness (QED) is 0.929. The van der Waals surface area contributed by atoms with E-state index in [0.29, 0.717) is 12.0 Å². The van der Waals surface area contributed by atoms with Gasteiger partial charge in [-0.3, -0.25) is 0 Å². The van der Waals surface area contributed by atoms with Crippen LogP contribution >= 0.6 is 0 Å². The molecule has 1 atom stereocenters. The fourth-order valence-corrected chi connectivity index (χ4v) is 3.29. The molecular formula is C15H22N6O. The molecule has 0 bridgehead atoms. The zero-order valence-electron chi connectivity index (χ0n) is 12.9. The number of aromatic nitrogens is 5. The summed E-state index contributed by atoms with van der Waals surface area (Å²) in [6, 6.07) is 0.403. The van der Waals surface area contributed by atoms with Gasteiger partial charge in [0.1, 0.15) is 0 Å². The van der Waals surface area contributed by atoms with E-state index in [0.717, 1.165) is 63.0 Å². The summed E-state index contributed by atoms with van der Waals surface area (Å²) in [5.74, 6) is 2.89. The van der Waals surface area contributed by atoms with Gasteiger partial charge in [0.2, 0.25) is 0 Å². The van der Waals surface area contributed by atoms with Crippen LogP contribution in [0.4, 0.5) is 0 Å². The van der Waals surface area contributed by atoms with Crippen molar-refractivity contribution in [2.75, 3.05) is 33.4 Å². The van der Waals surface area contributed by atoms with E-state index < -0.39 is 0 Å². The van der Waals surface area contributed by atoms with Gasteiger partial charge in [0.05, 0.1) is 12.6 Å². The average molecular weight is 302 g/mol. The Labute approximate surface area is 129 Å². The number of rotatable bonds is 3. The van der Waals surface area contributed by atoms with Gasteiger partial charge in [-0.2, -0.15) is 5.10 Å². The van der Waals surface area contributed by atoms with E-state index in [1.807, 2.05) is 6.20 Å². The van der Waals surface area contributed by atoms with E-state index in [1.54, 1.807) is 6.20 Å². The van der Waals surface area contributed by atoms with Crippen LogP contribution in [0.3, 0.4) is 0 Å². The summed E-state index contributed by atoms with van der Waals surface area (Å²) in [7, 11) is 2.17. The Morgan fingerprint density at radius 1 is 1.27 bits per heavy atom. The van der Waals surface area contributed by atoms with Crippen molar-refractivity contribution in [2.45, 2.75) is 31.2 Å². The van der Waals surface area contributed by atoms with Crippen molar-refractivity contribution in [1.29, 1.82) is 0 Å². The van der Waals surface area contributed by atoms with Crippen molar-refractivity contribution in [3.05, 3.63) is 18.2 Å². The normalized spacial score (nSPS) is 24.1. The maximum atomic E-state index is 5.49. The number of aromatic amines is 1. The first-order chi connectivity index (χ1) is 10.8. The predicted molar refractivity (Wildman–Crippen MR) is 81.5 cm³/mol. The fourth-order valence-electron chi connectivity index (χ4n) is 3.29. The topological polar surface area (TPSA) is 71.9 Å². The smallest absolute Gasteiger partial charge is 0.194 e. The molecule has 2 fully saturated rings. The second-order valence-corrected chi connectivity index (χ2v) is 6.27. The highest BCUT2D eigenvalue weighted by atomic mass is 16.5. The van der Waals surface area contributed by atoms with Crippen molar-refractivity contribution < 1.29 is 4.74 Å². The van der Waals surface area contributed by atoms with Crippen LogP contribution in [0.1, 0.15) is 37.0 Å². The van der Waals surface area contributed by atoms with Gasteiger partial charge in [0.25, 0.3) is 0 Å². The van der Waals surface area contributed by atoms with E-state index in [-0.39, 0.29) is 0 Å². The van der Waals surface area contributed by atoms with Crippen LogP contribution < -0.4 is 0 Å². The Kier molecular flexibility index (Phi) is 3.67. The van der Waals surface area contributed by atoms with E-state index in [2.05, 4.69) is 26.6 Å². The fraction of sp³-hybridized carbons (Fsp3) is 0.667. The molecule has 0 saturated carbocycles. The molecule has 0 aromatic carbocycles. The molecule has 0 unspecified atom stereocenters. The average Bonchev–Trinajstić information content (AvgIpc) is 3.27. The van der Waals surface area contributed by atoms with Crippen molar-refractivity contribution in [3.63, 3.8) is 0 Å². The first-order valence-corrected chi connectivity index (χ1v) is 8.04. The van der Waals surface area contributed by atoms with Gasteiger partial charge >= 0.3 is 0 Å². The summed E-state index contributed by atoms with van der Waals surface area (Å²) in [4.78, 5) is 14.7. The number of imidazole rings is 1. The molecule has 4 rings (SSSR count).